The second-order valence-corrected chi connectivity index (χ2v) is 6.33. The lowest BCUT2D eigenvalue weighted by molar-refractivity contribution is -0.0324. The Morgan fingerprint density at radius 3 is 3.00 bits per heavy atom. The van der Waals surface area contributed by atoms with Gasteiger partial charge in [-0.2, -0.15) is 5.10 Å². The third-order valence-electron chi connectivity index (χ3n) is 4.18. The van der Waals surface area contributed by atoms with Crippen LogP contribution in [0.5, 0.6) is 0 Å². The number of pyridine rings is 1. The Kier molecular flexibility index (Phi) is 5.29. The van der Waals surface area contributed by atoms with Gasteiger partial charge in [0.1, 0.15) is 17.0 Å². The first-order chi connectivity index (χ1) is 12.5. The molecule has 9 nitrogen and oxygen atoms in total. The Morgan fingerprint density at radius 1 is 1.42 bits per heavy atom. The van der Waals surface area contributed by atoms with Crippen LogP contribution in [0.2, 0.25) is 0 Å². The van der Waals surface area contributed by atoms with Gasteiger partial charge in [0.2, 0.25) is 0 Å². The van der Waals surface area contributed by atoms with Crippen molar-refractivity contribution in [3.05, 3.63) is 47.5 Å². The number of aromatic nitrogens is 3. The van der Waals surface area contributed by atoms with Crippen LogP contribution in [0.15, 0.2) is 30.6 Å². The summed E-state index contributed by atoms with van der Waals surface area (Å²) in [5.74, 6) is -0.662. The van der Waals surface area contributed by atoms with Gasteiger partial charge < -0.3 is 20.1 Å². The Morgan fingerprint density at radius 2 is 2.27 bits per heavy atom. The molecule has 138 valence electrons. The van der Waals surface area contributed by atoms with Crippen LogP contribution in [0.4, 0.5) is 0 Å². The molecule has 3 heterocycles. The zero-order valence-corrected chi connectivity index (χ0v) is 14.4. The van der Waals surface area contributed by atoms with Crippen molar-refractivity contribution >= 4 is 11.8 Å². The summed E-state index contributed by atoms with van der Waals surface area (Å²) >= 11 is 0. The van der Waals surface area contributed by atoms with E-state index in [0.717, 1.165) is 5.56 Å². The first kappa shape index (κ1) is 18.0. The molecule has 0 aromatic carbocycles. The van der Waals surface area contributed by atoms with Gasteiger partial charge in [-0.1, -0.05) is 6.07 Å². The lowest BCUT2D eigenvalue weighted by Gasteiger charge is -2.30. The molecule has 1 aliphatic rings. The lowest BCUT2D eigenvalue weighted by Crippen LogP contribution is -2.53. The molecule has 1 atom stereocenters. The van der Waals surface area contributed by atoms with E-state index in [1.54, 1.807) is 12.3 Å². The van der Waals surface area contributed by atoms with E-state index in [4.69, 9.17) is 4.74 Å². The SMILES string of the molecule is Cc1cccnc1C(=O)N1CCOCC(O)(CNC(=O)c2ccn[nH]2)C1. The second kappa shape index (κ2) is 7.63. The van der Waals surface area contributed by atoms with Gasteiger partial charge in [0.05, 0.1) is 26.3 Å². The van der Waals surface area contributed by atoms with Crippen LogP contribution >= 0.6 is 0 Å². The van der Waals surface area contributed by atoms with Crippen molar-refractivity contribution in [2.24, 2.45) is 0 Å². The monoisotopic (exact) mass is 359 g/mol. The Labute approximate surface area is 150 Å². The van der Waals surface area contributed by atoms with Gasteiger partial charge in [0.15, 0.2) is 0 Å². The van der Waals surface area contributed by atoms with E-state index in [1.807, 2.05) is 13.0 Å². The summed E-state index contributed by atoms with van der Waals surface area (Å²) in [6.07, 6.45) is 3.03. The minimum absolute atomic E-state index is 0.0151. The largest absolute Gasteiger partial charge is 0.384 e. The maximum atomic E-state index is 12.8. The minimum atomic E-state index is -1.40. The van der Waals surface area contributed by atoms with Gasteiger partial charge in [-0.15, -0.1) is 0 Å². The normalized spacial score (nSPS) is 20.5. The molecule has 2 amide bonds. The third-order valence-corrected chi connectivity index (χ3v) is 4.18. The molecule has 0 saturated carbocycles. The number of ether oxygens (including phenoxy) is 1. The van der Waals surface area contributed by atoms with Gasteiger partial charge in [0, 0.05) is 18.9 Å². The first-order valence-electron chi connectivity index (χ1n) is 8.27. The van der Waals surface area contributed by atoms with Crippen LogP contribution < -0.4 is 5.32 Å². The zero-order valence-electron chi connectivity index (χ0n) is 14.4. The smallest absolute Gasteiger partial charge is 0.272 e. The molecule has 0 radical (unpaired) electrons. The number of carbonyl (C=O) groups is 2. The maximum absolute atomic E-state index is 12.8. The van der Waals surface area contributed by atoms with Gasteiger partial charge in [-0.25, -0.2) is 0 Å². The predicted molar refractivity (Wildman–Crippen MR) is 91.6 cm³/mol. The molecular weight excluding hydrogens is 338 g/mol. The fourth-order valence-electron chi connectivity index (χ4n) is 2.78. The predicted octanol–water partition coefficient (Wildman–Crippen LogP) is -0.253. The Balaban J connectivity index is 1.69. The van der Waals surface area contributed by atoms with Crippen molar-refractivity contribution in [2.45, 2.75) is 12.5 Å². The number of amides is 2. The number of nitrogens with one attached hydrogen (secondary N) is 2. The van der Waals surface area contributed by atoms with Gasteiger partial charge >= 0.3 is 0 Å². The molecule has 0 aliphatic carbocycles. The molecule has 1 aliphatic heterocycles. The number of nitrogens with zero attached hydrogens (tertiary/aromatic N) is 3. The summed E-state index contributed by atoms with van der Waals surface area (Å²) in [5.41, 5.74) is 0.00188. The van der Waals surface area contributed by atoms with Crippen molar-refractivity contribution in [3.63, 3.8) is 0 Å². The molecule has 2 aromatic heterocycles. The summed E-state index contributed by atoms with van der Waals surface area (Å²) < 4.78 is 5.44. The molecule has 1 fully saturated rings. The molecule has 3 N–H and O–H groups in total. The van der Waals surface area contributed by atoms with E-state index >= 15 is 0 Å². The molecule has 9 heteroatoms. The number of hydrogen-bond acceptors (Lipinski definition) is 6. The highest BCUT2D eigenvalue weighted by Crippen LogP contribution is 2.15. The van der Waals surface area contributed by atoms with Crippen LogP contribution in [-0.2, 0) is 4.74 Å². The van der Waals surface area contributed by atoms with Crippen molar-refractivity contribution in [1.29, 1.82) is 0 Å². The number of rotatable bonds is 4. The van der Waals surface area contributed by atoms with E-state index in [2.05, 4.69) is 20.5 Å². The standard InChI is InChI=1S/C17H21N5O4/c1-12-3-2-5-18-14(12)16(24)22-7-8-26-11-17(25,10-22)9-19-15(23)13-4-6-20-21-13/h2-6,25H,7-11H2,1H3,(H,19,23)(H,20,21). The highest BCUT2D eigenvalue weighted by Gasteiger charge is 2.35. The number of β-amino-alcohol motifs (C(OH)–C–C–N with tert-alkyl or cyclic N) is 1. The fraction of sp³-hybridized carbons (Fsp3) is 0.412. The summed E-state index contributed by atoms with van der Waals surface area (Å²) in [5, 5.41) is 19.8. The van der Waals surface area contributed by atoms with Crippen LogP contribution in [0.1, 0.15) is 26.5 Å². The van der Waals surface area contributed by atoms with Crippen LogP contribution in [0, 0.1) is 6.92 Å². The highest BCUT2D eigenvalue weighted by molar-refractivity contribution is 5.94. The van der Waals surface area contributed by atoms with Gasteiger partial charge in [-0.05, 0) is 24.6 Å². The summed E-state index contributed by atoms with van der Waals surface area (Å²) in [6, 6.07) is 5.10. The van der Waals surface area contributed by atoms with Crippen molar-refractivity contribution in [3.8, 4) is 0 Å². The molecule has 2 aromatic rings. The molecule has 0 bridgehead atoms. The number of aromatic amines is 1. The number of carbonyl (C=O) groups excluding carboxylic acids is 2. The van der Waals surface area contributed by atoms with Crippen LogP contribution in [0.3, 0.4) is 0 Å². The fourth-order valence-corrected chi connectivity index (χ4v) is 2.78. The average Bonchev–Trinajstić information content (AvgIpc) is 3.10. The lowest BCUT2D eigenvalue weighted by atomic mass is 10.0. The van der Waals surface area contributed by atoms with Crippen molar-refractivity contribution in [2.75, 3.05) is 32.8 Å². The molecule has 26 heavy (non-hydrogen) atoms. The van der Waals surface area contributed by atoms with E-state index in [-0.39, 0.29) is 25.6 Å². The molecule has 1 saturated heterocycles. The minimum Gasteiger partial charge on any atom is -0.384 e. The van der Waals surface area contributed by atoms with E-state index in [9.17, 15) is 14.7 Å². The van der Waals surface area contributed by atoms with Crippen molar-refractivity contribution < 1.29 is 19.4 Å². The number of aliphatic hydroxyl groups is 1. The van der Waals surface area contributed by atoms with E-state index < -0.39 is 11.5 Å². The van der Waals surface area contributed by atoms with Crippen LogP contribution in [-0.4, -0.2) is 75.5 Å². The van der Waals surface area contributed by atoms with E-state index in [1.165, 1.54) is 17.2 Å². The first-order valence-corrected chi connectivity index (χ1v) is 8.27. The summed E-state index contributed by atoms with van der Waals surface area (Å²) in [7, 11) is 0. The summed E-state index contributed by atoms with van der Waals surface area (Å²) in [6.45, 7) is 2.44. The number of hydrogen-bond donors (Lipinski definition) is 3. The van der Waals surface area contributed by atoms with Gasteiger partial charge in [-0.3, -0.25) is 19.7 Å². The number of H-pyrrole nitrogens is 1. The quantitative estimate of drug-likeness (QED) is 0.692. The second-order valence-electron chi connectivity index (χ2n) is 6.33. The van der Waals surface area contributed by atoms with E-state index in [0.29, 0.717) is 24.5 Å². The highest BCUT2D eigenvalue weighted by atomic mass is 16.5. The summed E-state index contributed by atoms with van der Waals surface area (Å²) in [4.78, 5) is 30.5. The Bertz CT molecular complexity index is 779. The maximum Gasteiger partial charge on any atom is 0.272 e. The molecule has 1 unspecified atom stereocenters. The zero-order chi connectivity index (χ0) is 18.6. The average molecular weight is 359 g/mol. The molecular formula is C17H21N5O4. The Hall–Kier alpha value is -2.78. The third kappa shape index (κ3) is 4.06. The molecule has 3 rings (SSSR count). The van der Waals surface area contributed by atoms with Gasteiger partial charge in [0.25, 0.3) is 11.8 Å². The van der Waals surface area contributed by atoms with Crippen molar-refractivity contribution in [1.82, 2.24) is 25.4 Å². The number of aryl methyl sites for hydroxylation is 1. The topological polar surface area (TPSA) is 120 Å². The molecule has 0 spiro atoms. The van der Waals surface area contributed by atoms with Crippen LogP contribution in [0.25, 0.3) is 0 Å².